The van der Waals surface area contributed by atoms with E-state index in [0.29, 0.717) is 35.6 Å². The van der Waals surface area contributed by atoms with Crippen LogP contribution in [0.25, 0.3) is 10.9 Å². The Morgan fingerprint density at radius 2 is 1.41 bits per heavy atom. The normalized spacial score (nSPS) is 18.1. The molecule has 0 spiro atoms. The number of halogens is 2. The molecule has 5 rings (SSSR count). The van der Waals surface area contributed by atoms with Crippen LogP contribution in [0.4, 0.5) is 14.4 Å². The molecule has 0 saturated carbocycles. The molecule has 0 saturated heterocycles. The number of nitrogens with zero attached hydrogens (tertiary/aromatic N) is 2. The Balaban J connectivity index is 1.56. The van der Waals surface area contributed by atoms with E-state index in [1.165, 1.54) is 16.5 Å². The molecule has 71 heavy (non-hydrogen) atoms. The highest BCUT2D eigenvalue weighted by atomic mass is 79.9. The number of fused-ring (bicyclic) bond motifs is 3. The molecule has 4 aromatic rings. The monoisotopic (exact) mass is 1080 g/mol. The number of likely N-dealkylation sites (N-methyl/N-ethyl adjacent to an activating group) is 1. The molecule has 5 amide bonds. The first-order valence-corrected chi connectivity index (χ1v) is 26.6. The molecule has 0 radical (unpaired) electrons. The molecule has 1 aliphatic rings. The van der Waals surface area contributed by atoms with E-state index in [1.807, 2.05) is 87.6 Å². The molecule has 1 aromatic heterocycles. The second-order valence-corrected chi connectivity index (χ2v) is 24.0. The minimum atomic E-state index is -1.43. The van der Waals surface area contributed by atoms with Gasteiger partial charge in [-0.3, -0.25) is 19.0 Å². The van der Waals surface area contributed by atoms with Crippen LogP contribution in [-0.4, -0.2) is 101 Å². The predicted molar refractivity (Wildman–Crippen MR) is 282 cm³/mol. The summed E-state index contributed by atoms with van der Waals surface area (Å²) in [5.41, 5.74) is 1.10. The van der Waals surface area contributed by atoms with E-state index in [4.69, 9.17) is 25.8 Å². The molecule has 2 heterocycles. The summed E-state index contributed by atoms with van der Waals surface area (Å²) in [6, 6.07) is 17.4. The van der Waals surface area contributed by atoms with E-state index in [1.54, 1.807) is 41.5 Å². The van der Waals surface area contributed by atoms with E-state index in [9.17, 15) is 28.8 Å². The van der Waals surface area contributed by atoms with Gasteiger partial charge in [0.2, 0.25) is 17.7 Å². The van der Waals surface area contributed by atoms with Gasteiger partial charge in [-0.1, -0.05) is 57.9 Å². The maximum atomic E-state index is 14.6. The first-order chi connectivity index (χ1) is 33.3. The number of para-hydroxylation sites is 1. The lowest BCUT2D eigenvalue weighted by atomic mass is 10.1. The van der Waals surface area contributed by atoms with Gasteiger partial charge in [0.1, 0.15) is 22.8 Å². The van der Waals surface area contributed by atoms with Gasteiger partial charge in [-0.05, 0) is 146 Å². The number of nitrogens with one attached hydrogen (secondary N) is 5. The van der Waals surface area contributed by atoms with Crippen LogP contribution in [-0.2, 0) is 47.4 Å². The third-order valence-electron chi connectivity index (χ3n) is 11.0. The van der Waals surface area contributed by atoms with E-state index in [-0.39, 0.29) is 45.6 Å². The van der Waals surface area contributed by atoms with Crippen molar-refractivity contribution in [2.45, 2.75) is 152 Å². The Hall–Kier alpha value is -5.30. The second-order valence-electron chi connectivity index (χ2n) is 20.6. The number of hydrogen-bond donors (Lipinski definition) is 6. The predicted octanol–water partition coefficient (Wildman–Crippen LogP) is 9.49. The number of aromatic nitrogens is 1. The first-order valence-electron chi connectivity index (χ1n) is 23.9. The second kappa shape index (κ2) is 24.9. The van der Waals surface area contributed by atoms with E-state index in [2.05, 4.69) is 42.5 Å². The van der Waals surface area contributed by atoms with Crippen LogP contribution in [0.3, 0.4) is 0 Å². The molecule has 3 aromatic carbocycles. The Labute approximate surface area is 433 Å². The SMILES string of the molecule is CN1CC(=O)NCc2cccc(Cl)c2[SH](Cc2cn(C(=O)OC(C)(C)C)c3ccccc23)c2ccc(Br)cc2CN[C@@H](CCCNC(=O)OC(C)(C)C)C(=O)N[C@@H](CCCCNC(=O)OC(C)(C)C)C1=O. The maximum Gasteiger partial charge on any atom is 0.419 e. The third kappa shape index (κ3) is 17.5. The number of unbranched alkanes of at least 4 members (excludes halogenated alkanes) is 1. The lowest BCUT2D eigenvalue weighted by molar-refractivity contribution is -0.138. The number of alkyl carbamates (subject to hydrolysis) is 2. The molecular formula is C52H71BrClN7O9S. The van der Waals surface area contributed by atoms with Crippen LogP contribution in [0, 0.1) is 0 Å². The van der Waals surface area contributed by atoms with Gasteiger partial charge in [0.05, 0.1) is 23.1 Å². The van der Waals surface area contributed by atoms with Crippen molar-refractivity contribution in [3.8, 4) is 0 Å². The molecule has 16 nitrogen and oxygen atoms in total. The lowest BCUT2D eigenvalue weighted by Crippen LogP contribution is -2.54. The van der Waals surface area contributed by atoms with Gasteiger partial charge in [0.25, 0.3) is 0 Å². The molecule has 388 valence electrons. The van der Waals surface area contributed by atoms with Gasteiger partial charge < -0.3 is 45.7 Å². The van der Waals surface area contributed by atoms with Crippen LogP contribution in [0.1, 0.15) is 111 Å². The fourth-order valence-corrected chi connectivity index (χ4v) is 11.6. The molecule has 0 fully saturated rings. The summed E-state index contributed by atoms with van der Waals surface area (Å²) in [5.74, 6) is -0.905. The Bertz CT molecular complexity index is 2550. The highest BCUT2D eigenvalue weighted by Crippen LogP contribution is 2.54. The largest absolute Gasteiger partial charge is 0.444 e. The highest BCUT2D eigenvalue weighted by molar-refractivity contribution is 9.10. The fraction of sp³-hybridized carbons (Fsp3) is 0.500. The van der Waals surface area contributed by atoms with Gasteiger partial charge in [-0.2, -0.15) is 10.9 Å². The van der Waals surface area contributed by atoms with E-state index in [0.717, 1.165) is 36.3 Å². The number of carbonyl (C=O) groups excluding carboxylic acids is 6. The van der Waals surface area contributed by atoms with Crippen molar-refractivity contribution in [1.29, 1.82) is 0 Å². The van der Waals surface area contributed by atoms with E-state index >= 15 is 0 Å². The molecule has 0 aliphatic carbocycles. The van der Waals surface area contributed by atoms with E-state index < -0.39 is 75.8 Å². The van der Waals surface area contributed by atoms with Crippen LogP contribution in [0.5, 0.6) is 0 Å². The summed E-state index contributed by atoms with van der Waals surface area (Å²) >= 11 is 11.0. The lowest BCUT2D eigenvalue weighted by Gasteiger charge is -2.29. The van der Waals surface area contributed by atoms with Crippen molar-refractivity contribution in [3.05, 3.63) is 93.0 Å². The summed E-state index contributed by atoms with van der Waals surface area (Å²) in [6.07, 6.45) is 1.97. The zero-order chi connectivity index (χ0) is 52.3. The summed E-state index contributed by atoms with van der Waals surface area (Å²) in [5, 5.41) is 16.4. The minimum Gasteiger partial charge on any atom is -0.444 e. The topological polar surface area (TPSA) is 198 Å². The number of rotatable bonds is 11. The van der Waals surface area contributed by atoms with Crippen molar-refractivity contribution in [1.82, 2.24) is 36.1 Å². The van der Waals surface area contributed by atoms with Crippen LogP contribution in [0.2, 0.25) is 5.02 Å². The summed E-state index contributed by atoms with van der Waals surface area (Å²) in [4.78, 5) is 84.3. The number of thiol groups is 1. The van der Waals surface area contributed by atoms with Crippen molar-refractivity contribution < 1.29 is 43.0 Å². The molecule has 19 heteroatoms. The number of amides is 5. The number of hydrogen-bond acceptors (Lipinski definition) is 10. The van der Waals surface area contributed by atoms with Gasteiger partial charge in [0.15, 0.2) is 0 Å². The summed E-state index contributed by atoms with van der Waals surface area (Å²) < 4.78 is 19.0. The zero-order valence-electron chi connectivity index (χ0n) is 42.6. The highest BCUT2D eigenvalue weighted by Gasteiger charge is 2.31. The average Bonchev–Trinajstić information content (AvgIpc) is 3.63. The molecule has 0 bridgehead atoms. The Morgan fingerprint density at radius 1 is 0.775 bits per heavy atom. The van der Waals surface area contributed by atoms with Crippen LogP contribution < -0.4 is 26.6 Å². The summed E-state index contributed by atoms with van der Waals surface area (Å²) in [7, 11) is 0.0858. The third-order valence-corrected chi connectivity index (χ3v) is 14.7. The maximum absolute atomic E-state index is 14.6. The first kappa shape index (κ1) is 56.6. The number of ether oxygens (including phenoxy) is 3. The quantitative estimate of drug-likeness (QED) is 0.0478. The standard InChI is InChI=1S/C52H71BrClN7O9S/c1-50(2,3)68-47(65)55-25-14-13-20-40-46(64)60(10)31-43(62)58-28-33-17-15-19-38(54)44(33)71(32-35-30-61(49(67)70-52(7,8)9)41-22-12-11-18-37(35)41)42-24-23-36(53)27-34(42)29-57-39(45(63)59-40)21-16-26-56-48(66)69-51(4,5)6/h11-12,15,17-19,22-24,27,30,39-40,57,71H,13-14,16,20-21,25-26,28-29,31-32H2,1-10H3,(H,55,65)(H,56,66)(H,58,62)(H,59,63)/t39-,40-/m0/s1. The van der Waals surface area contributed by atoms with Gasteiger partial charge in [0, 0.05) is 59.9 Å². The van der Waals surface area contributed by atoms with Gasteiger partial charge in [-0.25, -0.2) is 14.4 Å². The smallest absolute Gasteiger partial charge is 0.419 e. The molecule has 1 aliphatic heterocycles. The molecule has 1 unspecified atom stereocenters. The van der Waals surface area contributed by atoms with Crippen molar-refractivity contribution in [2.24, 2.45) is 0 Å². The molecular weight excluding hydrogens is 1010 g/mol. The van der Waals surface area contributed by atoms with Crippen molar-refractivity contribution in [3.63, 3.8) is 0 Å². The number of benzene rings is 3. The van der Waals surface area contributed by atoms with Crippen LogP contribution >= 0.6 is 38.4 Å². The zero-order valence-corrected chi connectivity index (χ0v) is 45.8. The Kier molecular flexibility index (Phi) is 19.8. The molecule has 5 N–H and O–H groups in total. The Morgan fingerprint density at radius 3 is 2.07 bits per heavy atom. The summed E-state index contributed by atoms with van der Waals surface area (Å²) in [6.45, 7) is 16.6. The minimum absolute atomic E-state index is 0.101. The van der Waals surface area contributed by atoms with Gasteiger partial charge >= 0.3 is 18.3 Å². The van der Waals surface area contributed by atoms with Crippen molar-refractivity contribution in [2.75, 3.05) is 26.7 Å². The van der Waals surface area contributed by atoms with Crippen molar-refractivity contribution >= 4 is 85.3 Å². The van der Waals surface area contributed by atoms with Crippen LogP contribution in [0.15, 0.2) is 81.1 Å². The fourth-order valence-electron chi connectivity index (χ4n) is 7.94. The van der Waals surface area contributed by atoms with Gasteiger partial charge in [-0.15, -0.1) is 0 Å². The average molecular weight is 1090 g/mol. The number of carbonyl (C=O) groups is 6. The molecule has 3 atom stereocenters.